The fourth-order valence-corrected chi connectivity index (χ4v) is 1.22. The molecule has 0 spiro atoms. The first-order valence-corrected chi connectivity index (χ1v) is 3.76. The van der Waals surface area contributed by atoms with Gasteiger partial charge >= 0.3 is 0 Å². The van der Waals surface area contributed by atoms with Crippen molar-refractivity contribution in [3.05, 3.63) is 0 Å². The van der Waals surface area contributed by atoms with Crippen molar-refractivity contribution in [2.75, 3.05) is 5.88 Å². The molecule has 1 rings (SSSR count). The SMILES string of the molecule is OC1CCC[C@@H](CCl)O1. The maximum Gasteiger partial charge on any atom is 0.154 e. The van der Waals surface area contributed by atoms with Gasteiger partial charge in [-0.3, -0.25) is 0 Å². The van der Waals surface area contributed by atoms with E-state index in [-0.39, 0.29) is 6.10 Å². The maximum atomic E-state index is 8.93. The Balaban J connectivity index is 2.23. The molecule has 3 heteroatoms. The topological polar surface area (TPSA) is 29.5 Å². The summed E-state index contributed by atoms with van der Waals surface area (Å²) in [5.41, 5.74) is 0. The molecule has 1 aliphatic rings. The summed E-state index contributed by atoms with van der Waals surface area (Å²) in [6.07, 6.45) is 2.28. The summed E-state index contributed by atoms with van der Waals surface area (Å²) in [5.74, 6) is 0.497. The zero-order valence-corrected chi connectivity index (χ0v) is 5.97. The van der Waals surface area contributed by atoms with Crippen LogP contribution in [0, 0.1) is 0 Å². The Morgan fingerprint density at radius 1 is 1.56 bits per heavy atom. The summed E-state index contributed by atoms with van der Waals surface area (Å²) in [7, 11) is 0. The van der Waals surface area contributed by atoms with Gasteiger partial charge in [0, 0.05) is 5.88 Å². The summed E-state index contributed by atoms with van der Waals surface area (Å²) < 4.78 is 5.06. The number of alkyl halides is 1. The highest BCUT2D eigenvalue weighted by molar-refractivity contribution is 6.18. The van der Waals surface area contributed by atoms with Gasteiger partial charge in [-0.1, -0.05) is 0 Å². The largest absolute Gasteiger partial charge is 0.368 e. The minimum Gasteiger partial charge on any atom is -0.368 e. The molecule has 2 atom stereocenters. The van der Waals surface area contributed by atoms with Crippen molar-refractivity contribution in [2.24, 2.45) is 0 Å². The third-order valence-electron chi connectivity index (χ3n) is 1.50. The molecule has 1 aliphatic heterocycles. The lowest BCUT2D eigenvalue weighted by Gasteiger charge is -2.24. The Hall–Kier alpha value is 0.210. The van der Waals surface area contributed by atoms with Crippen LogP contribution in [0.15, 0.2) is 0 Å². The second-order valence-corrected chi connectivity index (χ2v) is 2.61. The van der Waals surface area contributed by atoms with Crippen molar-refractivity contribution in [3.8, 4) is 0 Å². The summed E-state index contributed by atoms with van der Waals surface area (Å²) in [5, 5.41) is 8.93. The van der Waals surface area contributed by atoms with E-state index in [1.54, 1.807) is 0 Å². The number of hydrogen-bond acceptors (Lipinski definition) is 2. The Labute approximate surface area is 59.8 Å². The third kappa shape index (κ3) is 2.12. The molecule has 9 heavy (non-hydrogen) atoms. The lowest BCUT2D eigenvalue weighted by molar-refractivity contribution is -0.155. The molecule has 1 saturated heterocycles. The van der Waals surface area contributed by atoms with E-state index in [9.17, 15) is 0 Å². The van der Waals surface area contributed by atoms with Crippen molar-refractivity contribution < 1.29 is 9.84 Å². The van der Waals surface area contributed by atoms with E-state index in [4.69, 9.17) is 21.4 Å². The van der Waals surface area contributed by atoms with E-state index in [0.717, 1.165) is 19.3 Å². The van der Waals surface area contributed by atoms with E-state index in [0.29, 0.717) is 5.88 Å². The number of ether oxygens (including phenoxy) is 1. The maximum absolute atomic E-state index is 8.93. The molecule has 1 unspecified atom stereocenters. The molecule has 0 bridgehead atoms. The van der Waals surface area contributed by atoms with Crippen molar-refractivity contribution in [1.29, 1.82) is 0 Å². The van der Waals surface area contributed by atoms with Gasteiger partial charge in [-0.2, -0.15) is 0 Å². The van der Waals surface area contributed by atoms with Crippen LogP contribution in [0.3, 0.4) is 0 Å². The zero-order valence-electron chi connectivity index (χ0n) is 5.22. The predicted octanol–water partition coefficient (Wildman–Crippen LogP) is 1.11. The first kappa shape index (κ1) is 7.32. The molecule has 0 aromatic rings. The van der Waals surface area contributed by atoms with Gasteiger partial charge in [-0.15, -0.1) is 11.6 Å². The standard InChI is InChI=1S/C6H11ClO2/c7-4-5-2-1-3-6(8)9-5/h5-6,8H,1-4H2/t5-,6?/m0/s1. The summed E-state index contributed by atoms with van der Waals surface area (Å²) in [6, 6.07) is 0. The molecular formula is C6H11ClO2. The third-order valence-corrected chi connectivity index (χ3v) is 1.84. The number of hydrogen-bond donors (Lipinski definition) is 1. The molecule has 1 fully saturated rings. The minimum atomic E-state index is -0.567. The van der Waals surface area contributed by atoms with Crippen LogP contribution in [0.2, 0.25) is 0 Å². The molecule has 1 heterocycles. The number of rotatable bonds is 1. The van der Waals surface area contributed by atoms with Gasteiger partial charge in [0.2, 0.25) is 0 Å². The molecule has 2 nitrogen and oxygen atoms in total. The molecule has 0 aromatic heterocycles. The second kappa shape index (κ2) is 3.40. The summed E-state index contributed by atoms with van der Waals surface area (Å²) in [4.78, 5) is 0. The highest BCUT2D eigenvalue weighted by Crippen LogP contribution is 2.17. The zero-order chi connectivity index (χ0) is 6.69. The number of aliphatic hydroxyl groups excluding tert-OH is 1. The normalized spacial score (nSPS) is 36.7. The van der Waals surface area contributed by atoms with Crippen LogP contribution in [-0.2, 0) is 4.74 Å². The predicted molar refractivity (Wildman–Crippen MR) is 35.5 cm³/mol. The molecule has 0 radical (unpaired) electrons. The van der Waals surface area contributed by atoms with Crippen LogP contribution in [0.25, 0.3) is 0 Å². The highest BCUT2D eigenvalue weighted by Gasteiger charge is 2.18. The molecule has 0 amide bonds. The number of halogens is 1. The van der Waals surface area contributed by atoms with Crippen molar-refractivity contribution in [2.45, 2.75) is 31.7 Å². The van der Waals surface area contributed by atoms with Crippen LogP contribution >= 0.6 is 11.6 Å². The number of aliphatic hydroxyl groups is 1. The first-order valence-electron chi connectivity index (χ1n) is 3.22. The highest BCUT2D eigenvalue weighted by atomic mass is 35.5. The van der Waals surface area contributed by atoms with E-state index >= 15 is 0 Å². The van der Waals surface area contributed by atoms with E-state index < -0.39 is 6.29 Å². The average molecular weight is 151 g/mol. The van der Waals surface area contributed by atoms with Gasteiger partial charge in [0.15, 0.2) is 6.29 Å². The molecule has 0 saturated carbocycles. The quantitative estimate of drug-likeness (QED) is 0.568. The van der Waals surface area contributed by atoms with Gasteiger partial charge in [-0.05, 0) is 19.3 Å². The Morgan fingerprint density at radius 3 is 2.78 bits per heavy atom. The Morgan fingerprint density at radius 2 is 2.33 bits per heavy atom. The van der Waals surface area contributed by atoms with Crippen LogP contribution in [-0.4, -0.2) is 23.4 Å². The van der Waals surface area contributed by atoms with Gasteiger partial charge < -0.3 is 9.84 Å². The lowest BCUT2D eigenvalue weighted by Crippen LogP contribution is -2.28. The van der Waals surface area contributed by atoms with Gasteiger partial charge in [0.1, 0.15) is 0 Å². The molecule has 0 aromatic carbocycles. The van der Waals surface area contributed by atoms with Crippen LogP contribution in [0.1, 0.15) is 19.3 Å². The van der Waals surface area contributed by atoms with Crippen LogP contribution in [0.4, 0.5) is 0 Å². The minimum absolute atomic E-state index is 0.0791. The Bertz CT molecular complexity index is 87.1. The fraction of sp³-hybridized carbons (Fsp3) is 1.00. The fourth-order valence-electron chi connectivity index (χ4n) is 0.992. The first-order chi connectivity index (χ1) is 4.33. The molecular weight excluding hydrogens is 140 g/mol. The van der Waals surface area contributed by atoms with Gasteiger partial charge in [0.05, 0.1) is 6.10 Å². The smallest absolute Gasteiger partial charge is 0.154 e. The van der Waals surface area contributed by atoms with Gasteiger partial charge in [0.25, 0.3) is 0 Å². The lowest BCUT2D eigenvalue weighted by atomic mass is 10.1. The summed E-state index contributed by atoms with van der Waals surface area (Å²) in [6.45, 7) is 0. The monoisotopic (exact) mass is 150 g/mol. The second-order valence-electron chi connectivity index (χ2n) is 2.30. The summed E-state index contributed by atoms with van der Waals surface area (Å²) >= 11 is 5.51. The van der Waals surface area contributed by atoms with Crippen molar-refractivity contribution >= 4 is 11.6 Å². The molecule has 0 aliphatic carbocycles. The Kier molecular flexibility index (Phi) is 2.76. The van der Waals surface area contributed by atoms with Crippen molar-refractivity contribution in [3.63, 3.8) is 0 Å². The van der Waals surface area contributed by atoms with E-state index in [1.165, 1.54) is 0 Å². The molecule has 1 N–H and O–H groups in total. The van der Waals surface area contributed by atoms with Gasteiger partial charge in [-0.25, -0.2) is 0 Å². The van der Waals surface area contributed by atoms with E-state index in [1.807, 2.05) is 0 Å². The van der Waals surface area contributed by atoms with Crippen molar-refractivity contribution in [1.82, 2.24) is 0 Å². The molecule has 54 valence electrons. The van der Waals surface area contributed by atoms with Crippen LogP contribution in [0.5, 0.6) is 0 Å². The average Bonchev–Trinajstić information content (AvgIpc) is 1.88. The van der Waals surface area contributed by atoms with Crippen LogP contribution < -0.4 is 0 Å². The van der Waals surface area contributed by atoms with E-state index in [2.05, 4.69) is 0 Å².